The average Bonchev–Trinajstić information content (AvgIpc) is 2.66. The fourth-order valence-electron chi connectivity index (χ4n) is 1.27. The lowest BCUT2D eigenvalue weighted by atomic mass is 10.1. The van der Waals surface area contributed by atoms with Crippen LogP contribution in [-0.2, 0) is 13.0 Å². The van der Waals surface area contributed by atoms with E-state index in [1.165, 1.54) is 11.3 Å². The van der Waals surface area contributed by atoms with Crippen molar-refractivity contribution in [3.8, 4) is 0 Å². The van der Waals surface area contributed by atoms with E-state index in [0.29, 0.717) is 12.5 Å². The van der Waals surface area contributed by atoms with Crippen molar-refractivity contribution in [2.75, 3.05) is 0 Å². The fourth-order valence-corrected chi connectivity index (χ4v) is 2.00. The van der Waals surface area contributed by atoms with Crippen molar-refractivity contribution in [3.05, 3.63) is 10.8 Å². The number of fused-ring (bicyclic) bond motifs is 1. The molecule has 0 aliphatic rings. The van der Waals surface area contributed by atoms with E-state index in [4.69, 9.17) is 5.73 Å². The minimum absolute atomic E-state index is 0.467. The maximum absolute atomic E-state index is 5.51. The molecule has 2 N–H and O–H groups in total. The lowest BCUT2D eigenvalue weighted by Crippen LogP contribution is -2.03. The van der Waals surface area contributed by atoms with Gasteiger partial charge in [0.1, 0.15) is 5.01 Å². The van der Waals surface area contributed by atoms with Gasteiger partial charge in [-0.1, -0.05) is 25.2 Å². The molecule has 0 unspecified atom stereocenters. The molecule has 2 heterocycles. The average molecular weight is 211 g/mol. The van der Waals surface area contributed by atoms with Crippen molar-refractivity contribution in [1.82, 2.24) is 19.8 Å². The van der Waals surface area contributed by atoms with Gasteiger partial charge < -0.3 is 5.73 Å². The van der Waals surface area contributed by atoms with Gasteiger partial charge in [-0.05, 0) is 5.92 Å². The Bertz CT molecular complexity index is 430. The molecule has 5 nitrogen and oxygen atoms in total. The molecule has 0 aromatic carbocycles. The molecule has 0 saturated carbocycles. The summed E-state index contributed by atoms with van der Waals surface area (Å²) in [6.45, 7) is 4.77. The van der Waals surface area contributed by atoms with E-state index in [2.05, 4.69) is 29.1 Å². The van der Waals surface area contributed by atoms with Crippen LogP contribution in [0.3, 0.4) is 0 Å². The fraction of sp³-hybridized carbons (Fsp3) is 0.625. The Labute approximate surface area is 86.0 Å². The molecule has 0 amide bonds. The summed E-state index contributed by atoms with van der Waals surface area (Å²) >= 11 is 1.50. The second-order valence-electron chi connectivity index (χ2n) is 3.61. The van der Waals surface area contributed by atoms with Crippen LogP contribution < -0.4 is 5.73 Å². The normalized spacial score (nSPS) is 11.7. The third-order valence-electron chi connectivity index (χ3n) is 1.86. The van der Waals surface area contributed by atoms with E-state index in [1.54, 1.807) is 4.52 Å². The molecular formula is C8H13N5S. The van der Waals surface area contributed by atoms with Crippen LogP contribution in [0.2, 0.25) is 0 Å². The van der Waals surface area contributed by atoms with E-state index in [9.17, 15) is 0 Å². The molecule has 14 heavy (non-hydrogen) atoms. The van der Waals surface area contributed by atoms with Crippen molar-refractivity contribution < 1.29 is 0 Å². The maximum Gasteiger partial charge on any atom is 0.234 e. The van der Waals surface area contributed by atoms with Gasteiger partial charge in [-0.15, -0.1) is 10.2 Å². The van der Waals surface area contributed by atoms with Crippen LogP contribution in [0.15, 0.2) is 0 Å². The van der Waals surface area contributed by atoms with Gasteiger partial charge in [-0.25, -0.2) is 0 Å². The van der Waals surface area contributed by atoms with Crippen LogP contribution in [0.4, 0.5) is 0 Å². The van der Waals surface area contributed by atoms with Gasteiger partial charge in [0.25, 0.3) is 0 Å². The molecule has 0 atom stereocenters. The zero-order chi connectivity index (χ0) is 10.1. The summed E-state index contributed by atoms with van der Waals surface area (Å²) in [5.41, 5.74) is 5.51. The topological polar surface area (TPSA) is 69.1 Å². The summed E-state index contributed by atoms with van der Waals surface area (Å²) in [6, 6.07) is 0. The molecule has 0 bridgehead atoms. The van der Waals surface area contributed by atoms with Crippen LogP contribution in [0.1, 0.15) is 24.7 Å². The van der Waals surface area contributed by atoms with Crippen LogP contribution in [0.25, 0.3) is 4.96 Å². The molecule has 0 radical (unpaired) electrons. The standard InChI is InChI=1S/C8H13N5S/c1-5(2)3-6-10-11-8-13(6)12-7(4-9)14-8/h5H,3-4,9H2,1-2H3. The number of hydrogen-bond donors (Lipinski definition) is 1. The van der Waals surface area contributed by atoms with Gasteiger partial charge in [-0.2, -0.15) is 9.61 Å². The molecule has 0 saturated heterocycles. The molecule has 76 valence electrons. The smallest absolute Gasteiger partial charge is 0.234 e. The summed E-state index contributed by atoms with van der Waals surface area (Å²) < 4.78 is 1.80. The third kappa shape index (κ3) is 1.62. The van der Waals surface area contributed by atoms with Crippen LogP contribution >= 0.6 is 11.3 Å². The second kappa shape index (κ2) is 3.62. The van der Waals surface area contributed by atoms with Crippen molar-refractivity contribution >= 4 is 16.3 Å². The van der Waals surface area contributed by atoms with Gasteiger partial charge in [0.15, 0.2) is 5.82 Å². The zero-order valence-corrected chi connectivity index (χ0v) is 9.08. The largest absolute Gasteiger partial charge is 0.324 e. The minimum atomic E-state index is 0.467. The van der Waals surface area contributed by atoms with Gasteiger partial charge in [0, 0.05) is 13.0 Å². The highest BCUT2D eigenvalue weighted by Gasteiger charge is 2.11. The Kier molecular flexibility index (Phi) is 2.47. The number of rotatable bonds is 3. The van der Waals surface area contributed by atoms with Gasteiger partial charge in [-0.3, -0.25) is 0 Å². The highest BCUT2D eigenvalue weighted by Crippen LogP contribution is 2.14. The Morgan fingerprint density at radius 2 is 2.21 bits per heavy atom. The van der Waals surface area contributed by atoms with Crippen molar-refractivity contribution in [1.29, 1.82) is 0 Å². The first kappa shape index (κ1) is 9.54. The first-order chi connectivity index (χ1) is 6.70. The first-order valence-corrected chi connectivity index (χ1v) is 5.42. The van der Waals surface area contributed by atoms with Crippen LogP contribution in [-0.4, -0.2) is 19.8 Å². The van der Waals surface area contributed by atoms with Gasteiger partial charge >= 0.3 is 0 Å². The predicted molar refractivity (Wildman–Crippen MR) is 55.1 cm³/mol. The maximum atomic E-state index is 5.51. The van der Waals surface area contributed by atoms with E-state index in [0.717, 1.165) is 22.2 Å². The first-order valence-electron chi connectivity index (χ1n) is 4.60. The number of aromatic nitrogens is 4. The number of hydrogen-bond acceptors (Lipinski definition) is 5. The molecule has 0 aliphatic carbocycles. The quantitative estimate of drug-likeness (QED) is 0.817. The SMILES string of the molecule is CC(C)Cc1nnc2sc(CN)nn12. The molecule has 2 aromatic rings. The number of nitrogens with zero attached hydrogens (tertiary/aromatic N) is 4. The summed E-state index contributed by atoms with van der Waals surface area (Å²) in [5.74, 6) is 1.48. The van der Waals surface area contributed by atoms with Crippen molar-refractivity contribution in [3.63, 3.8) is 0 Å². The third-order valence-corrected chi connectivity index (χ3v) is 2.78. The molecular weight excluding hydrogens is 198 g/mol. The Morgan fingerprint density at radius 1 is 1.43 bits per heavy atom. The summed E-state index contributed by atoms with van der Waals surface area (Å²) in [7, 11) is 0. The monoisotopic (exact) mass is 211 g/mol. The summed E-state index contributed by atoms with van der Waals surface area (Å²) in [5, 5.41) is 13.4. The predicted octanol–water partition coefficient (Wildman–Crippen LogP) is 0.843. The van der Waals surface area contributed by atoms with Gasteiger partial charge in [0.2, 0.25) is 4.96 Å². The zero-order valence-electron chi connectivity index (χ0n) is 8.27. The summed E-state index contributed by atoms with van der Waals surface area (Å²) in [6.07, 6.45) is 0.898. The van der Waals surface area contributed by atoms with Crippen molar-refractivity contribution in [2.24, 2.45) is 11.7 Å². The van der Waals surface area contributed by atoms with E-state index >= 15 is 0 Å². The lowest BCUT2D eigenvalue weighted by molar-refractivity contribution is 0.605. The molecule has 2 aromatic heterocycles. The minimum Gasteiger partial charge on any atom is -0.324 e. The molecule has 2 rings (SSSR count). The second-order valence-corrected chi connectivity index (χ2v) is 4.65. The molecule has 0 fully saturated rings. The van der Waals surface area contributed by atoms with E-state index < -0.39 is 0 Å². The van der Waals surface area contributed by atoms with Crippen LogP contribution in [0, 0.1) is 5.92 Å². The molecule has 6 heteroatoms. The van der Waals surface area contributed by atoms with Crippen molar-refractivity contribution in [2.45, 2.75) is 26.8 Å². The van der Waals surface area contributed by atoms with Gasteiger partial charge in [0.05, 0.1) is 0 Å². The Morgan fingerprint density at radius 3 is 2.86 bits per heavy atom. The highest BCUT2D eigenvalue weighted by molar-refractivity contribution is 7.16. The Hall–Kier alpha value is -1.01. The highest BCUT2D eigenvalue weighted by atomic mass is 32.1. The Balaban J connectivity index is 2.40. The van der Waals surface area contributed by atoms with E-state index in [-0.39, 0.29) is 0 Å². The van der Waals surface area contributed by atoms with Crippen LogP contribution in [0.5, 0.6) is 0 Å². The molecule has 0 spiro atoms. The molecule has 0 aliphatic heterocycles. The van der Waals surface area contributed by atoms with E-state index in [1.807, 2.05) is 0 Å². The number of nitrogens with two attached hydrogens (primary N) is 1. The summed E-state index contributed by atoms with van der Waals surface area (Å²) in [4.78, 5) is 0.834. The lowest BCUT2D eigenvalue weighted by Gasteiger charge is -1.99.